The predicted molar refractivity (Wildman–Crippen MR) is 145 cm³/mol. The predicted octanol–water partition coefficient (Wildman–Crippen LogP) is 2.15. The van der Waals surface area contributed by atoms with Gasteiger partial charge in [0.15, 0.2) is 20.8 Å². The lowest BCUT2D eigenvalue weighted by Gasteiger charge is -2.53. The molecule has 1 saturated heterocycles. The lowest BCUT2D eigenvalue weighted by atomic mass is 10.1. The summed E-state index contributed by atoms with van der Waals surface area (Å²) in [5.74, 6) is 0. The topological polar surface area (TPSA) is 163 Å². The van der Waals surface area contributed by atoms with Crippen LogP contribution < -0.4 is 11.2 Å². The minimum atomic E-state index is -4.33. The van der Waals surface area contributed by atoms with Gasteiger partial charge in [-0.2, -0.15) is 0 Å². The Bertz CT molecular complexity index is 1120. The number of nitrogens with one attached hydrogen (secondary N) is 1. The van der Waals surface area contributed by atoms with Crippen molar-refractivity contribution in [3.05, 3.63) is 33.1 Å². The Morgan fingerprint density at radius 3 is 2.08 bits per heavy atom. The van der Waals surface area contributed by atoms with Gasteiger partial charge in [0.1, 0.15) is 17.4 Å². The van der Waals surface area contributed by atoms with Crippen molar-refractivity contribution in [1.82, 2.24) is 9.55 Å². The number of ether oxygens (including phenoxy) is 1. The molecule has 5 N–H and O–H groups in total. The molecule has 1 aliphatic heterocycles. The van der Waals surface area contributed by atoms with Crippen molar-refractivity contribution in [1.29, 1.82) is 0 Å². The number of H-pyrrole nitrogens is 1. The molecular weight excluding hydrogens is 543 g/mol. The van der Waals surface area contributed by atoms with Crippen molar-refractivity contribution in [2.24, 2.45) is 0 Å². The minimum absolute atomic E-state index is 0.312. The fourth-order valence-corrected chi connectivity index (χ4v) is 8.98. The van der Waals surface area contributed by atoms with Crippen LogP contribution in [0.25, 0.3) is 0 Å². The number of aromatic nitrogens is 2. The first-order valence-corrected chi connectivity index (χ1v) is 20.2. The van der Waals surface area contributed by atoms with Gasteiger partial charge in [-0.1, -0.05) is 54.6 Å². The average Bonchev–Trinajstić information content (AvgIpc) is 2.92. The van der Waals surface area contributed by atoms with Crippen molar-refractivity contribution in [3.63, 3.8) is 0 Å². The Labute approximate surface area is 218 Å². The molecule has 1 unspecified atom stereocenters. The molecule has 0 spiro atoms. The van der Waals surface area contributed by atoms with Gasteiger partial charge in [-0.3, -0.25) is 18.9 Å². The molecular formula is C21H41N2O9PSSi2. The summed E-state index contributed by atoms with van der Waals surface area (Å²) in [6.45, 7) is 15.4. The van der Waals surface area contributed by atoms with E-state index in [1.807, 2.05) is 67.7 Å². The highest BCUT2D eigenvalue weighted by Crippen LogP contribution is 2.56. The number of nitrogens with zero attached hydrogens (tertiary/aromatic N) is 1. The zero-order valence-electron chi connectivity index (χ0n) is 22.6. The molecule has 36 heavy (non-hydrogen) atoms. The van der Waals surface area contributed by atoms with Crippen LogP contribution in [0.3, 0.4) is 0 Å². The molecule has 0 saturated carbocycles. The highest BCUT2D eigenvalue weighted by Gasteiger charge is 2.70. The third kappa shape index (κ3) is 5.88. The fourth-order valence-electron chi connectivity index (χ4n) is 3.94. The number of aliphatic hydroxyl groups excluding tert-OH is 1. The second kappa shape index (κ2) is 9.90. The molecule has 0 radical (unpaired) electrons. The largest absolute Gasteiger partial charge is 0.408 e. The molecule has 1 aromatic rings. The molecule has 1 aliphatic rings. The molecule has 0 bridgehead atoms. The highest BCUT2D eigenvalue weighted by molar-refractivity contribution is 8.06. The number of hydrogen-bond acceptors (Lipinski definition) is 8. The smallest absolute Gasteiger partial charge is 0.330 e. The van der Waals surface area contributed by atoms with Crippen LogP contribution in [0, 0.1) is 0 Å². The summed E-state index contributed by atoms with van der Waals surface area (Å²) in [7, 11) is -5.65. The zero-order valence-corrected chi connectivity index (χ0v) is 26.3. The van der Waals surface area contributed by atoms with E-state index in [2.05, 4.69) is 16.8 Å². The zero-order chi connectivity index (χ0) is 28.3. The molecule has 11 nitrogen and oxygen atoms in total. The van der Waals surface area contributed by atoms with Crippen LogP contribution in [0.1, 0.15) is 47.8 Å². The van der Waals surface area contributed by atoms with Gasteiger partial charge in [0.05, 0.1) is 8.07 Å². The van der Waals surface area contributed by atoms with Gasteiger partial charge >= 0.3 is 12.4 Å². The SMILES string of the molecule is CC(C)(C)[Si](C)(C)O[C@@H]1[C@@H](C(O)OP(O)(O)=S)O[C@@H](n2ccc(=O)[nH]c2=O)[C@@]1(O)[Si](C)(C)C(C)(C)C. The van der Waals surface area contributed by atoms with Crippen LogP contribution in [0.4, 0.5) is 0 Å². The Balaban J connectivity index is 2.89. The fraction of sp³-hybridized carbons (Fsp3) is 0.810. The van der Waals surface area contributed by atoms with E-state index in [-0.39, 0.29) is 5.04 Å². The lowest BCUT2D eigenvalue weighted by molar-refractivity contribution is -0.157. The van der Waals surface area contributed by atoms with Gasteiger partial charge in [-0.05, 0) is 35.0 Å². The van der Waals surface area contributed by atoms with E-state index in [9.17, 15) is 29.6 Å². The van der Waals surface area contributed by atoms with Crippen LogP contribution >= 0.6 is 6.72 Å². The quantitative estimate of drug-likeness (QED) is 0.182. The van der Waals surface area contributed by atoms with Crippen molar-refractivity contribution < 1.29 is 33.7 Å². The maximum absolute atomic E-state index is 12.9. The summed E-state index contributed by atoms with van der Waals surface area (Å²) >= 11 is 4.56. The standard InChI is InChI=1S/C21H41N2O9PSSi2/c1-19(2,3)35(7,8)21(27)15(32-36(9,10)20(4,5)6)14(16(25)31-33(28,29)34)30-17(21)23-12-11-13(24)22-18(23)26/h11-12,14-17,25,27H,1-10H3,(H,22,24,26)(H2,28,29,34)/t14-,15+,16?,17+,21-/m0/s1. The van der Waals surface area contributed by atoms with Crippen molar-refractivity contribution in [2.45, 2.75) is 108 Å². The summed E-state index contributed by atoms with van der Waals surface area (Å²) in [5, 5.41) is 21.0. The number of rotatable bonds is 7. The van der Waals surface area contributed by atoms with Gasteiger partial charge in [-0.15, -0.1) is 0 Å². The van der Waals surface area contributed by atoms with Gasteiger partial charge in [0.25, 0.3) is 5.56 Å². The first-order chi connectivity index (χ1) is 15.9. The van der Waals surface area contributed by atoms with E-state index in [4.69, 9.17) is 13.7 Å². The Hall–Kier alpha value is -0.516. The molecule has 2 rings (SSSR count). The van der Waals surface area contributed by atoms with E-state index < -0.39 is 69.3 Å². The van der Waals surface area contributed by atoms with E-state index >= 15 is 0 Å². The summed E-state index contributed by atoms with van der Waals surface area (Å²) in [6, 6.07) is 1.13. The van der Waals surface area contributed by atoms with Gasteiger partial charge in [0.2, 0.25) is 0 Å². The maximum Gasteiger partial charge on any atom is 0.330 e. The second-order valence-corrected chi connectivity index (χ2v) is 25.4. The Morgan fingerprint density at radius 1 is 1.14 bits per heavy atom. The molecule has 0 aliphatic carbocycles. The summed E-state index contributed by atoms with van der Waals surface area (Å²) in [5.41, 5.74) is -1.44. The third-order valence-corrected chi connectivity index (χ3v) is 19.6. The molecule has 2 heterocycles. The van der Waals surface area contributed by atoms with E-state index in [0.29, 0.717) is 0 Å². The van der Waals surface area contributed by atoms with Gasteiger partial charge in [-0.25, -0.2) is 4.79 Å². The first-order valence-electron chi connectivity index (χ1n) is 11.7. The first kappa shape index (κ1) is 31.7. The van der Waals surface area contributed by atoms with Crippen molar-refractivity contribution >= 4 is 34.9 Å². The lowest BCUT2D eigenvalue weighted by Crippen LogP contribution is -2.70. The van der Waals surface area contributed by atoms with Crippen molar-refractivity contribution in [2.75, 3.05) is 0 Å². The Morgan fingerprint density at radius 2 is 1.67 bits per heavy atom. The summed E-state index contributed by atoms with van der Waals surface area (Å²) < 4.78 is 18.9. The second-order valence-electron chi connectivity index (χ2n) is 12.5. The van der Waals surface area contributed by atoms with Crippen LogP contribution in [0.5, 0.6) is 0 Å². The average molecular weight is 585 g/mol. The number of aliphatic hydroxyl groups is 2. The maximum atomic E-state index is 12.9. The molecule has 1 aromatic heterocycles. The third-order valence-electron chi connectivity index (χ3n) is 8.13. The normalized spacial score (nSPS) is 27.3. The number of aromatic amines is 1. The molecule has 15 heteroatoms. The van der Waals surface area contributed by atoms with Crippen LogP contribution in [-0.2, 0) is 25.5 Å². The molecule has 208 valence electrons. The highest BCUT2D eigenvalue weighted by atomic mass is 32.5. The van der Waals surface area contributed by atoms with Gasteiger partial charge in [0, 0.05) is 12.3 Å². The molecule has 0 amide bonds. The van der Waals surface area contributed by atoms with Crippen LogP contribution in [-0.4, -0.2) is 69.7 Å². The van der Waals surface area contributed by atoms with Crippen LogP contribution in [0.2, 0.25) is 36.3 Å². The van der Waals surface area contributed by atoms with E-state index in [0.717, 1.165) is 10.6 Å². The summed E-state index contributed by atoms with van der Waals surface area (Å²) in [4.78, 5) is 46.3. The minimum Gasteiger partial charge on any atom is -0.408 e. The monoisotopic (exact) mass is 584 g/mol. The number of hydrogen-bond donors (Lipinski definition) is 5. The van der Waals surface area contributed by atoms with E-state index in [1.165, 1.54) is 6.20 Å². The summed E-state index contributed by atoms with van der Waals surface area (Å²) in [6.07, 6.45) is -4.84. The Kier molecular flexibility index (Phi) is 8.72. The molecule has 1 fully saturated rings. The van der Waals surface area contributed by atoms with Gasteiger partial charge < -0.3 is 29.2 Å². The van der Waals surface area contributed by atoms with Crippen LogP contribution in [0.15, 0.2) is 21.9 Å². The molecule has 0 aromatic carbocycles. The van der Waals surface area contributed by atoms with Crippen molar-refractivity contribution in [3.8, 4) is 0 Å². The molecule has 5 atom stereocenters. The van der Waals surface area contributed by atoms with E-state index in [1.54, 1.807) is 0 Å².